The van der Waals surface area contributed by atoms with E-state index in [1.807, 2.05) is 0 Å². The molecule has 5 nitrogen and oxygen atoms in total. The summed E-state index contributed by atoms with van der Waals surface area (Å²) in [7, 11) is 0. The third-order valence-electron chi connectivity index (χ3n) is 2.76. The average molecular weight is 252 g/mol. The average Bonchev–Trinajstić information content (AvgIpc) is 2.76. The van der Waals surface area contributed by atoms with Crippen molar-refractivity contribution in [3.8, 4) is 0 Å². The molecule has 0 radical (unpaired) electrons. The first-order chi connectivity index (χ1) is 7.93. The molecule has 0 atom stereocenters. The van der Waals surface area contributed by atoms with E-state index < -0.39 is 17.4 Å². The van der Waals surface area contributed by atoms with Gasteiger partial charge in [0, 0.05) is 0 Å². The van der Waals surface area contributed by atoms with Crippen LogP contribution in [0.4, 0.5) is 0 Å². The Bertz CT molecular complexity index is 479. The fourth-order valence-corrected chi connectivity index (χ4v) is 2.31. The molecule has 0 bridgehead atoms. The van der Waals surface area contributed by atoms with E-state index >= 15 is 0 Å². The summed E-state index contributed by atoms with van der Waals surface area (Å²) in [6, 6.07) is 3.44. The lowest BCUT2D eigenvalue weighted by molar-refractivity contribution is -0.143. The van der Waals surface area contributed by atoms with E-state index in [2.05, 4.69) is 5.32 Å². The zero-order chi connectivity index (χ0) is 12.6. The number of thiophene rings is 1. The summed E-state index contributed by atoms with van der Waals surface area (Å²) in [5, 5.41) is 4.02. The van der Waals surface area contributed by atoms with E-state index in [9.17, 15) is 14.4 Å². The van der Waals surface area contributed by atoms with E-state index in [1.54, 1.807) is 31.4 Å². The van der Waals surface area contributed by atoms with Crippen LogP contribution in [0.2, 0.25) is 0 Å². The molecule has 0 aliphatic carbocycles. The van der Waals surface area contributed by atoms with Crippen LogP contribution in [0.5, 0.6) is 0 Å². The van der Waals surface area contributed by atoms with Crippen molar-refractivity contribution < 1.29 is 14.4 Å². The number of hydrogen-bond donors (Lipinski definition) is 1. The number of rotatable bonds is 1. The molecule has 1 aromatic rings. The van der Waals surface area contributed by atoms with Crippen molar-refractivity contribution in [2.75, 3.05) is 6.54 Å². The fourth-order valence-electron chi connectivity index (χ4n) is 1.64. The minimum atomic E-state index is -1.00. The molecule has 17 heavy (non-hydrogen) atoms. The maximum Gasteiger partial charge on any atom is 0.265 e. The SMILES string of the molecule is CC1(C)C(=O)NC(=O)CN1C(=O)c1cccs1. The highest BCUT2D eigenvalue weighted by atomic mass is 32.1. The lowest BCUT2D eigenvalue weighted by Gasteiger charge is -2.39. The van der Waals surface area contributed by atoms with Gasteiger partial charge in [-0.3, -0.25) is 19.7 Å². The number of nitrogens with zero attached hydrogens (tertiary/aromatic N) is 1. The summed E-state index contributed by atoms with van der Waals surface area (Å²) in [4.78, 5) is 37.0. The van der Waals surface area contributed by atoms with Gasteiger partial charge in [0.2, 0.25) is 5.91 Å². The van der Waals surface area contributed by atoms with Gasteiger partial charge in [0.25, 0.3) is 11.8 Å². The van der Waals surface area contributed by atoms with E-state index in [-0.39, 0.29) is 12.5 Å². The van der Waals surface area contributed by atoms with E-state index in [0.717, 1.165) is 0 Å². The molecular formula is C11H12N2O3S. The van der Waals surface area contributed by atoms with Crippen LogP contribution in [0.1, 0.15) is 23.5 Å². The molecule has 0 spiro atoms. The summed E-state index contributed by atoms with van der Waals surface area (Å²) in [6.07, 6.45) is 0. The van der Waals surface area contributed by atoms with Crippen LogP contribution in [0.25, 0.3) is 0 Å². The van der Waals surface area contributed by atoms with Gasteiger partial charge >= 0.3 is 0 Å². The minimum Gasteiger partial charge on any atom is -0.314 e. The molecule has 6 heteroatoms. The van der Waals surface area contributed by atoms with E-state index in [1.165, 1.54) is 16.2 Å². The molecule has 3 amide bonds. The second kappa shape index (κ2) is 3.96. The van der Waals surface area contributed by atoms with E-state index in [4.69, 9.17) is 0 Å². The van der Waals surface area contributed by atoms with Crippen LogP contribution >= 0.6 is 11.3 Å². The van der Waals surface area contributed by atoms with Gasteiger partial charge in [-0.2, -0.15) is 0 Å². The Balaban J connectivity index is 2.33. The summed E-state index contributed by atoms with van der Waals surface area (Å²) in [5.74, 6) is -1.17. The molecule has 90 valence electrons. The summed E-state index contributed by atoms with van der Waals surface area (Å²) < 4.78 is 0. The van der Waals surface area contributed by atoms with Crippen LogP contribution in [0, 0.1) is 0 Å². The Hall–Kier alpha value is -1.69. The highest BCUT2D eigenvalue weighted by Gasteiger charge is 2.43. The highest BCUT2D eigenvalue weighted by molar-refractivity contribution is 7.12. The maximum atomic E-state index is 12.2. The van der Waals surface area contributed by atoms with Gasteiger partial charge in [-0.15, -0.1) is 11.3 Å². The Morgan fingerprint density at radius 3 is 2.76 bits per heavy atom. The quantitative estimate of drug-likeness (QED) is 0.745. The van der Waals surface area contributed by atoms with Gasteiger partial charge in [0.15, 0.2) is 0 Å². The topological polar surface area (TPSA) is 66.5 Å². The van der Waals surface area contributed by atoms with Gasteiger partial charge in [0.05, 0.1) is 4.88 Å². The van der Waals surface area contributed by atoms with Crippen LogP contribution in [0.3, 0.4) is 0 Å². The van der Waals surface area contributed by atoms with Crippen molar-refractivity contribution >= 4 is 29.1 Å². The van der Waals surface area contributed by atoms with Gasteiger partial charge in [-0.25, -0.2) is 0 Å². The van der Waals surface area contributed by atoms with Gasteiger partial charge in [-0.05, 0) is 25.3 Å². The first kappa shape index (κ1) is 11.8. The number of carbonyl (C=O) groups excluding carboxylic acids is 3. The smallest absolute Gasteiger partial charge is 0.265 e. The minimum absolute atomic E-state index is 0.0878. The largest absolute Gasteiger partial charge is 0.314 e. The Labute approximate surface area is 102 Å². The lowest BCUT2D eigenvalue weighted by Crippen LogP contribution is -2.65. The number of hydrogen-bond acceptors (Lipinski definition) is 4. The molecule has 1 saturated heterocycles. The van der Waals surface area contributed by atoms with Gasteiger partial charge in [-0.1, -0.05) is 6.07 Å². The number of piperazine rings is 1. The first-order valence-corrected chi connectivity index (χ1v) is 6.00. The van der Waals surface area contributed by atoms with Crippen molar-refractivity contribution in [2.45, 2.75) is 19.4 Å². The molecule has 0 aromatic carbocycles. The molecule has 1 aromatic heterocycles. The zero-order valence-corrected chi connectivity index (χ0v) is 10.3. The van der Waals surface area contributed by atoms with E-state index in [0.29, 0.717) is 4.88 Å². The second-order valence-electron chi connectivity index (χ2n) is 4.30. The van der Waals surface area contributed by atoms with Crippen LogP contribution in [-0.2, 0) is 9.59 Å². The standard InChI is InChI=1S/C11H12N2O3S/c1-11(2)10(16)12-8(14)6-13(11)9(15)7-4-3-5-17-7/h3-5H,6H2,1-2H3,(H,12,14,16). The van der Waals surface area contributed by atoms with Gasteiger partial charge in [0.1, 0.15) is 12.1 Å². The molecule has 1 aliphatic rings. The number of amides is 3. The highest BCUT2D eigenvalue weighted by Crippen LogP contribution is 2.22. The van der Waals surface area contributed by atoms with Crippen molar-refractivity contribution in [1.82, 2.24) is 10.2 Å². The summed E-state index contributed by atoms with van der Waals surface area (Å²) in [5.41, 5.74) is -1.00. The summed E-state index contributed by atoms with van der Waals surface area (Å²) >= 11 is 1.29. The van der Waals surface area contributed by atoms with Crippen molar-refractivity contribution in [2.24, 2.45) is 0 Å². The predicted octanol–water partition coefficient (Wildman–Crippen LogP) is 0.625. The molecule has 2 rings (SSSR count). The molecule has 1 aliphatic heterocycles. The first-order valence-electron chi connectivity index (χ1n) is 5.12. The molecule has 2 heterocycles. The Morgan fingerprint density at radius 1 is 1.47 bits per heavy atom. The zero-order valence-electron chi connectivity index (χ0n) is 9.52. The van der Waals surface area contributed by atoms with Crippen molar-refractivity contribution in [1.29, 1.82) is 0 Å². The molecule has 0 saturated carbocycles. The monoisotopic (exact) mass is 252 g/mol. The molecular weight excluding hydrogens is 240 g/mol. The Kier molecular flexibility index (Phi) is 2.74. The van der Waals surface area contributed by atoms with Crippen molar-refractivity contribution in [3.63, 3.8) is 0 Å². The normalized spacial score (nSPS) is 19.1. The summed E-state index contributed by atoms with van der Waals surface area (Å²) in [6.45, 7) is 3.16. The molecule has 0 unspecified atom stereocenters. The van der Waals surface area contributed by atoms with Crippen LogP contribution in [0.15, 0.2) is 17.5 Å². The van der Waals surface area contributed by atoms with Crippen molar-refractivity contribution in [3.05, 3.63) is 22.4 Å². The predicted molar refractivity (Wildman–Crippen MR) is 62.6 cm³/mol. The number of carbonyl (C=O) groups is 3. The molecule has 1 fully saturated rings. The number of imide groups is 1. The lowest BCUT2D eigenvalue weighted by atomic mass is 9.98. The molecule has 1 N–H and O–H groups in total. The Morgan fingerprint density at radius 2 is 2.18 bits per heavy atom. The third-order valence-corrected chi connectivity index (χ3v) is 3.62. The van der Waals surface area contributed by atoms with Crippen LogP contribution < -0.4 is 5.32 Å². The maximum absolute atomic E-state index is 12.2. The number of nitrogens with one attached hydrogen (secondary N) is 1. The second-order valence-corrected chi connectivity index (χ2v) is 5.25. The van der Waals surface area contributed by atoms with Crippen LogP contribution in [-0.4, -0.2) is 34.7 Å². The fraction of sp³-hybridized carbons (Fsp3) is 0.364. The van der Waals surface area contributed by atoms with Gasteiger partial charge < -0.3 is 4.90 Å². The third kappa shape index (κ3) is 1.95.